The molecule has 13 heteroatoms. The number of carboxylic acids is 1. The summed E-state index contributed by atoms with van der Waals surface area (Å²) in [5.41, 5.74) is 4.98. The molecular weight excluding hydrogens is 661 g/mol. The maximum Gasteiger partial charge on any atom is 0.490 e. The second-order valence-electron chi connectivity index (χ2n) is 12.1. The molecule has 0 saturated carbocycles. The molecule has 9 nitrogen and oxygen atoms in total. The van der Waals surface area contributed by atoms with Crippen molar-refractivity contribution >= 4 is 41.0 Å². The zero-order valence-electron chi connectivity index (χ0n) is 26.7. The lowest BCUT2D eigenvalue weighted by molar-refractivity contribution is -0.192. The Morgan fingerprint density at radius 3 is 1.88 bits per heavy atom. The number of rotatable bonds is 6. The topological polar surface area (TPSA) is 101 Å². The van der Waals surface area contributed by atoms with E-state index in [0.29, 0.717) is 42.3 Å². The van der Waals surface area contributed by atoms with Gasteiger partial charge >= 0.3 is 12.1 Å². The minimum absolute atomic E-state index is 0.00135. The Morgan fingerprint density at radius 1 is 0.735 bits per heavy atom. The van der Waals surface area contributed by atoms with Crippen molar-refractivity contribution in [2.24, 2.45) is 0 Å². The normalized spacial score (nSPS) is 16.5. The maximum atomic E-state index is 13.9. The number of hydrogen-bond acceptors (Lipinski definition) is 5. The van der Waals surface area contributed by atoms with Crippen LogP contribution in [-0.4, -0.2) is 82.4 Å². The first-order valence-corrected chi connectivity index (χ1v) is 16.3. The summed E-state index contributed by atoms with van der Waals surface area (Å²) in [5, 5.41) is 7.68. The quantitative estimate of drug-likeness (QED) is 0.310. The zero-order chi connectivity index (χ0) is 35.1. The molecule has 0 spiro atoms. The average molecular weight is 697 g/mol. The molecule has 0 radical (unpaired) electrons. The smallest absolute Gasteiger partial charge is 0.475 e. The van der Waals surface area contributed by atoms with Crippen LogP contribution in [0.5, 0.6) is 0 Å². The molecule has 0 bridgehead atoms. The fourth-order valence-corrected chi connectivity index (χ4v) is 6.09. The van der Waals surface area contributed by atoms with E-state index in [1.165, 1.54) is 19.3 Å². The average Bonchev–Trinajstić information content (AvgIpc) is 3.59. The van der Waals surface area contributed by atoms with E-state index in [2.05, 4.69) is 23.1 Å². The Hall–Kier alpha value is -4.68. The van der Waals surface area contributed by atoms with Crippen LogP contribution in [0, 0.1) is 0 Å². The molecule has 0 atom stereocenters. The number of halogens is 4. The van der Waals surface area contributed by atoms with Gasteiger partial charge in [-0.25, -0.2) is 4.79 Å². The zero-order valence-corrected chi connectivity index (χ0v) is 27.4. The van der Waals surface area contributed by atoms with Crippen LogP contribution in [-0.2, 0) is 29.2 Å². The Bertz CT molecular complexity index is 1700. The van der Waals surface area contributed by atoms with E-state index in [1.54, 1.807) is 39.0 Å². The first kappa shape index (κ1) is 35.6. The van der Waals surface area contributed by atoms with Crippen LogP contribution in [0.2, 0.25) is 5.02 Å². The number of alkyl halides is 3. The number of carbonyl (C=O) groups is 4. The van der Waals surface area contributed by atoms with Gasteiger partial charge in [-0.1, -0.05) is 54.4 Å². The van der Waals surface area contributed by atoms with E-state index < -0.39 is 12.1 Å². The molecule has 3 amide bonds. The molecule has 0 aliphatic carbocycles. The minimum atomic E-state index is -5.08. The van der Waals surface area contributed by atoms with Gasteiger partial charge in [0.2, 0.25) is 5.91 Å². The summed E-state index contributed by atoms with van der Waals surface area (Å²) in [6.07, 6.45) is 2.61. The number of likely N-dealkylation sites (tertiary alicyclic amines) is 1. The van der Waals surface area contributed by atoms with Crippen LogP contribution in [0.15, 0.2) is 78.9 Å². The lowest BCUT2D eigenvalue weighted by Crippen LogP contribution is -2.39. The van der Waals surface area contributed by atoms with E-state index in [9.17, 15) is 27.6 Å². The molecule has 3 aliphatic heterocycles. The van der Waals surface area contributed by atoms with Crippen LogP contribution in [0.3, 0.4) is 0 Å². The van der Waals surface area contributed by atoms with Gasteiger partial charge in [-0.15, -0.1) is 0 Å². The molecule has 1 saturated heterocycles. The van der Waals surface area contributed by atoms with Crippen LogP contribution in [0.1, 0.15) is 56.7 Å². The van der Waals surface area contributed by atoms with Gasteiger partial charge in [-0.3, -0.25) is 19.3 Å². The number of carboxylic acid groups (broad SMARTS) is 1. The number of piperidine rings is 1. The van der Waals surface area contributed by atoms with Crippen molar-refractivity contribution in [1.82, 2.24) is 14.7 Å². The summed E-state index contributed by atoms with van der Waals surface area (Å²) >= 11 is 6.05. The van der Waals surface area contributed by atoms with Gasteiger partial charge in [-0.05, 0) is 85.1 Å². The molecular formula is C36H36ClF3N4O5. The molecule has 1 fully saturated rings. The standard InChI is InChI=1S/C34H35ClN4O3.C2HF3O2/c35-30-14-12-28(13-15-30)34(42)38-23-29-11-8-26(21-36-16-2-1-3-17-36)20-31(29)39(32(40)24-38)22-25-6-9-27(10-7-25)33(41)37-18-4-5-19-37;3-2(4,5)1(6)7/h4-15,20H,1-3,16-19,21-24H2;(H,6,7). The molecule has 258 valence electrons. The van der Waals surface area contributed by atoms with Crippen LogP contribution >= 0.6 is 11.6 Å². The van der Waals surface area contributed by atoms with Crippen LogP contribution < -0.4 is 4.90 Å². The molecule has 3 heterocycles. The molecule has 3 aliphatic rings. The summed E-state index contributed by atoms with van der Waals surface area (Å²) in [6, 6.07) is 20.6. The number of carbonyl (C=O) groups excluding carboxylic acids is 3. The number of fused-ring (bicyclic) bond motifs is 1. The molecule has 3 aromatic carbocycles. The number of hydrogen-bond donors (Lipinski definition) is 1. The van der Waals surface area contributed by atoms with Gasteiger partial charge in [0.25, 0.3) is 11.8 Å². The van der Waals surface area contributed by atoms with E-state index in [0.717, 1.165) is 42.0 Å². The second kappa shape index (κ2) is 15.7. The van der Waals surface area contributed by atoms with Crippen molar-refractivity contribution < 1.29 is 37.5 Å². The Morgan fingerprint density at radius 2 is 1.29 bits per heavy atom. The summed E-state index contributed by atoms with van der Waals surface area (Å²) in [5.74, 6) is -3.10. The predicted octanol–water partition coefficient (Wildman–Crippen LogP) is 6.16. The van der Waals surface area contributed by atoms with Crippen molar-refractivity contribution in [3.05, 3.63) is 112 Å². The summed E-state index contributed by atoms with van der Waals surface area (Å²) in [7, 11) is 0. The molecule has 0 aromatic heterocycles. The lowest BCUT2D eigenvalue weighted by atomic mass is 10.0. The van der Waals surface area contributed by atoms with Gasteiger partial charge in [-0.2, -0.15) is 13.2 Å². The van der Waals surface area contributed by atoms with Crippen LogP contribution in [0.25, 0.3) is 0 Å². The van der Waals surface area contributed by atoms with Crippen molar-refractivity contribution in [3.8, 4) is 0 Å². The first-order valence-electron chi connectivity index (χ1n) is 15.9. The van der Waals surface area contributed by atoms with Gasteiger partial charge in [0.1, 0.15) is 6.54 Å². The highest BCUT2D eigenvalue weighted by Crippen LogP contribution is 2.31. The summed E-state index contributed by atoms with van der Waals surface area (Å²) in [4.78, 5) is 56.7. The van der Waals surface area contributed by atoms with Gasteiger partial charge in [0, 0.05) is 48.0 Å². The molecule has 49 heavy (non-hydrogen) atoms. The van der Waals surface area contributed by atoms with Gasteiger partial charge < -0.3 is 19.8 Å². The monoisotopic (exact) mass is 696 g/mol. The predicted molar refractivity (Wildman–Crippen MR) is 178 cm³/mol. The van der Waals surface area contributed by atoms with E-state index in [1.807, 2.05) is 36.4 Å². The van der Waals surface area contributed by atoms with Crippen molar-refractivity contribution in [2.75, 3.05) is 37.6 Å². The summed E-state index contributed by atoms with van der Waals surface area (Å²) < 4.78 is 31.7. The number of nitrogens with zero attached hydrogens (tertiary/aromatic N) is 4. The SMILES string of the molecule is O=C(O)C(F)(F)F.O=C(c1ccc(CN2C(=O)CN(C(=O)c3ccc(Cl)cc3)Cc3ccc(CN4CCCCC4)cc32)cc1)N1CC=CC1. The number of amides is 3. The second-order valence-corrected chi connectivity index (χ2v) is 12.6. The number of benzene rings is 3. The number of anilines is 1. The largest absolute Gasteiger partial charge is 0.490 e. The molecule has 3 aromatic rings. The molecule has 0 unspecified atom stereocenters. The lowest BCUT2D eigenvalue weighted by Gasteiger charge is -2.28. The van der Waals surface area contributed by atoms with Crippen molar-refractivity contribution in [1.29, 1.82) is 0 Å². The van der Waals surface area contributed by atoms with Crippen LogP contribution in [0.4, 0.5) is 18.9 Å². The van der Waals surface area contributed by atoms with Gasteiger partial charge in [0.15, 0.2) is 0 Å². The fourth-order valence-electron chi connectivity index (χ4n) is 5.97. The third-order valence-electron chi connectivity index (χ3n) is 8.55. The van der Waals surface area contributed by atoms with E-state index in [4.69, 9.17) is 21.5 Å². The molecule has 6 rings (SSSR count). The molecule has 1 N–H and O–H groups in total. The van der Waals surface area contributed by atoms with E-state index >= 15 is 0 Å². The summed E-state index contributed by atoms with van der Waals surface area (Å²) in [6.45, 7) is 4.92. The fraction of sp³-hybridized carbons (Fsp3) is 0.333. The first-order chi connectivity index (χ1) is 23.4. The van der Waals surface area contributed by atoms with Crippen molar-refractivity contribution in [2.45, 2.75) is 45.1 Å². The van der Waals surface area contributed by atoms with Crippen molar-refractivity contribution in [3.63, 3.8) is 0 Å². The third-order valence-corrected chi connectivity index (χ3v) is 8.80. The highest BCUT2D eigenvalue weighted by molar-refractivity contribution is 6.30. The Balaban J connectivity index is 0.000000606. The maximum absolute atomic E-state index is 13.9. The van der Waals surface area contributed by atoms with Gasteiger partial charge in [0.05, 0.1) is 6.54 Å². The number of aliphatic carboxylic acids is 1. The highest BCUT2D eigenvalue weighted by Gasteiger charge is 2.38. The Labute approximate surface area is 287 Å². The van der Waals surface area contributed by atoms with E-state index in [-0.39, 0.29) is 24.3 Å². The third kappa shape index (κ3) is 9.27. The minimum Gasteiger partial charge on any atom is -0.475 e. The highest BCUT2D eigenvalue weighted by atomic mass is 35.5. The Kier molecular flexibility index (Phi) is 11.4.